The quantitative estimate of drug-likeness (QED) is 0.158. The van der Waals surface area contributed by atoms with Crippen LogP contribution in [0.25, 0.3) is 0 Å². The van der Waals surface area contributed by atoms with E-state index in [1.807, 2.05) is 0 Å². The zero-order chi connectivity index (χ0) is 26.5. The Morgan fingerprint density at radius 2 is 1.14 bits per heavy atom. The Hall–Kier alpha value is -1.06. The van der Waals surface area contributed by atoms with Crippen molar-refractivity contribution in [3.8, 4) is 0 Å². The van der Waals surface area contributed by atoms with E-state index in [0.29, 0.717) is 0 Å². The fourth-order valence-corrected chi connectivity index (χ4v) is 7.16. The monoisotopic (exact) mass is 524 g/mol. The van der Waals surface area contributed by atoms with Crippen LogP contribution in [0, 0.1) is 23.6 Å². The second kappa shape index (κ2) is 16.1. The van der Waals surface area contributed by atoms with Crippen molar-refractivity contribution in [1.29, 1.82) is 0 Å². The summed E-state index contributed by atoms with van der Waals surface area (Å²) in [6.07, 6.45) is 23.5. The van der Waals surface area contributed by atoms with Crippen molar-refractivity contribution in [3.05, 3.63) is 35.1 Å². The molecule has 0 unspecified atom stereocenters. The van der Waals surface area contributed by atoms with E-state index in [1.54, 1.807) is 0 Å². The van der Waals surface area contributed by atoms with Gasteiger partial charge in [0, 0.05) is 0 Å². The van der Waals surface area contributed by atoms with Crippen LogP contribution in [0.4, 0.5) is 17.6 Å². The van der Waals surface area contributed by atoms with Crippen molar-refractivity contribution in [2.45, 2.75) is 154 Å². The van der Waals surface area contributed by atoms with Gasteiger partial charge in [-0.1, -0.05) is 109 Å². The summed E-state index contributed by atoms with van der Waals surface area (Å²) in [6.45, 7) is 2.28. The van der Waals surface area contributed by atoms with Crippen molar-refractivity contribution in [1.82, 2.24) is 0 Å². The first-order valence-corrected chi connectivity index (χ1v) is 15.7. The summed E-state index contributed by atoms with van der Waals surface area (Å²) < 4.78 is 52.6. The normalized spacial score (nSPS) is 24.9. The maximum atomic E-state index is 14.0. The topological polar surface area (TPSA) is 0 Å². The zero-order valence-corrected chi connectivity index (χ0v) is 23.4. The van der Waals surface area contributed by atoms with Crippen LogP contribution in [0.15, 0.2) is 18.2 Å². The minimum absolute atomic E-state index is 0.204. The Morgan fingerprint density at radius 1 is 0.649 bits per heavy atom. The predicted octanol–water partition coefficient (Wildman–Crippen LogP) is 12.0. The summed E-state index contributed by atoms with van der Waals surface area (Å²) >= 11 is 0. The van der Waals surface area contributed by atoms with Crippen LogP contribution in [0.1, 0.15) is 159 Å². The van der Waals surface area contributed by atoms with Crippen LogP contribution in [-0.2, 0) is 6.18 Å². The van der Waals surface area contributed by atoms with Crippen LogP contribution in [0.3, 0.4) is 0 Å². The molecule has 1 aromatic carbocycles. The zero-order valence-electron chi connectivity index (χ0n) is 23.4. The van der Waals surface area contributed by atoms with Crippen LogP contribution >= 0.6 is 0 Å². The van der Waals surface area contributed by atoms with Gasteiger partial charge in [0.25, 0.3) is 0 Å². The Labute approximate surface area is 224 Å². The second-order valence-corrected chi connectivity index (χ2v) is 12.3. The molecule has 0 atom stereocenters. The lowest BCUT2D eigenvalue weighted by atomic mass is 9.68. The maximum absolute atomic E-state index is 14.0. The number of rotatable bonds is 15. The van der Waals surface area contributed by atoms with E-state index in [1.165, 1.54) is 115 Å². The number of hydrogen-bond donors (Lipinski definition) is 0. The highest BCUT2D eigenvalue weighted by molar-refractivity contribution is 5.29. The molecule has 0 bridgehead atoms. The number of benzene rings is 1. The third-order valence-electron chi connectivity index (χ3n) is 9.57. The Balaban J connectivity index is 1.22. The van der Waals surface area contributed by atoms with Gasteiger partial charge in [0.1, 0.15) is 5.82 Å². The van der Waals surface area contributed by atoms with Crippen molar-refractivity contribution in [3.63, 3.8) is 0 Å². The molecule has 0 aromatic heterocycles. The second-order valence-electron chi connectivity index (χ2n) is 12.3. The Bertz CT molecular complexity index is 739. The summed E-state index contributed by atoms with van der Waals surface area (Å²) in [7, 11) is 0. The van der Waals surface area contributed by atoms with Gasteiger partial charge >= 0.3 is 6.18 Å². The van der Waals surface area contributed by atoms with Gasteiger partial charge in [-0.05, 0) is 79.9 Å². The molecular weight excluding hydrogens is 472 g/mol. The van der Waals surface area contributed by atoms with E-state index in [9.17, 15) is 17.6 Å². The molecule has 0 heterocycles. The highest BCUT2D eigenvalue weighted by Gasteiger charge is 2.35. The lowest BCUT2D eigenvalue weighted by Crippen LogP contribution is -2.25. The Morgan fingerprint density at radius 3 is 1.62 bits per heavy atom. The molecule has 0 spiro atoms. The highest BCUT2D eigenvalue weighted by atomic mass is 19.4. The van der Waals surface area contributed by atoms with Crippen molar-refractivity contribution < 1.29 is 17.6 Å². The first kappa shape index (κ1) is 30.5. The molecule has 2 fully saturated rings. The summed E-state index contributed by atoms with van der Waals surface area (Å²) in [5, 5.41) is 0. The van der Waals surface area contributed by atoms with E-state index in [0.717, 1.165) is 61.1 Å². The number of alkyl halides is 3. The minimum Gasteiger partial charge on any atom is -0.206 e. The molecule has 2 aliphatic carbocycles. The van der Waals surface area contributed by atoms with E-state index in [2.05, 4.69) is 6.92 Å². The molecule has 0 saturated heterocycles. The summed E-state index contributed by atoms with van der Waals surface area (Å²) in [5.41, 5.74) is -0.403. The maximum Gasteiger partial charge on any atom is 0.419 e. The van der Waals surface area contributed by atoms with E-state index in [4.69, 9.17) is 0 Å². The molecule has 4 heteroatoms. The molecular formula is C33H52F4. The molecule has 0 nitrogen and oxygen atoms in total. The fourth-order valence-electron chi connectivity index (χ4n) is 7.16. The average molecular weight is 525 g/mol. The molecule has 212 valence electrons. The SMILES string of the molecule is CCCCCCCCCCCCCCC1CCC(C2CCC(c3ccc(C(F)(F)F)c(F)c3)CC2)CC1. The van der Waals surface area contributed by atoms with Gasteiger partial charge < -0.3 is 0 Å². The van der Waals surface area contributed by atoms with Crippen molar-refractivity contribution in [2.24, 2.45) is 17.8 Å². The van der Waals surface area contributed by atoms with Crippen LogP contribution in [0.2, 0.25) is 0 Å². The smallest absolute Gasteiger partial charge is 0.206 e. The molecule has 1 aromatic rings. The minimum atomic E-state index is -4.62. The van der Waals surface area contributed by atoms with Gasteiger partial charge in [0.05, 0.1) is 5.56 Å². The van der Waals surface area contributed by atoms with Crippen LogP contribution in [-0.4, -0.2) is 0 Å². The number of hydrogen-bond acceptors (Lipinski definition) is 0. The highest BCUT2D eigenvalue weighted by Crippen LogP contribution is 2.45. The fraction of sp³-hybridized carbons (Fsp3) is 0.818. The van der Waals surface area contributed by atoms with Crippen LogP contribution in [0.5, 0.6) is 0 Å². The average Bonchev–Trinajstić information content (AvgIpc) is 2.89. The van der Waals surface area contributed by atoms with Gasteiger partial charge in [0.2, 0.25) is 0 Å². The first-order valence-electron chi connectivity index (χ1n) is 15.7. The summed E-state index contributed by atoms with van der Waals surface area (Å²) in [4.78, 5) is 0. The van der Waals surface area contributed by atoms with Gasteiger partial charge in [-0.15, -0.1) is 0 Å². The standard InChI is InChI=1S/C33H52F4/c1-2-3-4-5-6-7-8-9-10-11-12-13-14-26-15-17-27(18-16-26)28-19-21-29(22-20-28)30-23-24-31(32(34)25-30)33(35,36)37/h23-29H,2-22H2,1H3. The molecule has 0 radical (unpaired) electrons. The lowest BCUT2D eigenvalue weighted by molar-refractivity contribution is -0.140. The Kier molecular flexibility index (Phi) is 13.3. The summed E-state index contributed by atoms with van der Waals surface area (Å²) in [6, 6.07) is 3.56. The largest absolute Gasteiger partial charge is 0.419 e. The number of halogens is 4. The van der Waals surface area contributed by atoms with E-state index >= 15 is 0 Å². The van der Waals surface area contributed by atoms with Gasteiger partial charge in [0.15, 0.2) is 0 Å². The molecule has 0 N–H and O–H groups in total. The lowest BCUT2D eigenvalue weighted by Gasteiger charge is -2.38. The predicted molar refractivity (Wildman–Crippen MR) is 147 cm³/mol. The molecule has 0 amide bonds. The molecule has 3 rings (SSSR count). The van der Waals surface area contributed by atoms with Gasteiger partial charge in [-0.25, -0.2) is 4.39 Å². The first-order chi connectivity index (χ1) is 17.9. The van der Waals surface area contributed by atoms with E-state index < -0.39 is 17.6 Å². The van der Waals surface area contributed by atoms with Crippen molar-refractivity contribution >= 4 is 0 Å². The third-order valence-corrected chi connectivity index (χ3v) is 9.57. The molecule has 37 heavy (non-hydrogen) atoms. The third kappa shape index (κ3) is 10.6. The van der Waals surface area contributed by atoms with Crippen LogP contribution < -0.4 is 0 Å². The van der Waals surface area contributed by atoms with Gasteiger partial charge in [-0.2, -0.15) is 13.2 Å². The molecule has 2 saturated carbocycles. The molecule has 0 aliphatic heterocycles. The summed E-state index contributed by atoms with van der Waals surface area (Å²) in [5.74, 6) is 1.58. The van der Waals surface area contributed by atoms with E-state index in [-0.39, 0.29) is 5.92 Å². The number of unbranched alkanes of at least 4 members (excludes halogenated alkanes) is 11. The molecule has 2 aliphatic rings. The van der Waals surface area contributed by atoms with Gasteiger partial charge in [-0.3, -0.25) is 0 Å². The van der Waals surface area contributed by atoms with Crippen molar-refractivity contribution in [2.75, 3.05) is 0 Å².